The Bertz CT molecular complexity index is 260. The molecular formula is C13H28N2OS. The van der Waals surface area contributed by atoms with Crippen LogP contribution in [0.25, 0.3) is 0 Å². The number of hydrogen-bond acceptors (Lipinski definition) is 3. The molecule has 1 aliphatic heterocycles. The molecule has 1 heterocycles. The molecule has 0 radical (unpaired) electrons. The summed E-state index contributed by atoms with van der Waals surface area (Å²) in [6.07, 6.45) is 3.01. The molecule has 5 unspecified atom stereocenters. The van der Waals surface area contributed by atoms with Gasteiger partial charge in [0.2, 0.25) is 0 Å². The van der Waals surface area contributed by atoms with Gasteiger partial charge in [0, 0.05) is 47.5 Å². The molecule has 0 saturated carbocycles. The molecule has 0 spiro atoms. The fourth-order valence-corrected chi connectivity index (χ4v) is 3.87. The number of nitrogens with one attached hydrogen (secondary N) is 1. The van der Waals surface area contributed by atoms with E-state index in [0.29, 0.717) is 24.0 Å². The maximum Gasteiger partial charge on any atom is 0.0385 e. The summed E-state index contributed by atoms with van der Waals surface area (Å²) in [5.74, 6) is 1.46. The molecule has 1 saturated heterocycles. The summed E-state index contributed by atoms with van der Waals surface area (Å²) in [5, 5.41) is 3.58. The van der Waals surface area contributed by atoms with E-state index in [0.717, 1.165) is 18.8 Å². The lowest BCUT2D eigenvalue weighted by Crippen LogP contribution is -2.56. The number of piperidine rings is 1. The molecule has 0 aromatic rings. The molecule has 1 aliphatic rings. The lowest BCUT2D eigenvalue weighted by molar-refractivity contribution is 0.0609. The van der Waals surface area contributed by atoms with Gasteiger partial charge in [-0.15, -0.1) is 0 Å². The summed E-state index contributed by atoms with van der Waals surface area (Å²) in [5.41, 5.74) is 0. The SMILES string of the molecule is CCNC1CCN(C(C)CS(C)=O)C(C)C1C. The smallest absolute Gasteiger partial charge is 0.0385 e. The summed E-state index contributed by atoms with van der Waals surface area (Å²) >= 11 is 0. The van der Waals surface area contributed by atoms with Crippen LogP contribution in [0.5, 0.6) is 0 Å². The first-order valence-electron chi connectivity index (χ1n) is 6.76. The monoisotopic (exact) mass is 260 g/mol. The number of rotatable bonds is 5. The largest absolute Gasteiger partial charge is 0.314 e. The summed E-state index contributed by atoms with van der Waals surface area (Å²) in [6, 6.07) is 1.65. The van der Waals surface area contributed by atoms with Crippen molar-refractivity contribution < 1.29 is 4.21 Å². The average molecular weight is 260 g/mol. The van der Waals surface area contributed by atoms with Crippen LogP contribution in [0.4, 0.5) is 0 Å². The van der Waals surface area contributed by atoms with Crippen LogP contribution in [-0.2, 0) is 10.8 Å². The van der Waals surface area contributed by atoms with Gasteiger partial charge in [-0.1, -0.05) is 13.8 Å². The lowest BCUT2D eigenvalue weighted by atomic mass is 9.86. The van der Waals surface area contributed by atoms with Crippen LogP contribution < -0.4 is 5.32 Å². The van der Waals surface area contributed by atoms with E-state index < -0.39 is 10.8 Å². The second kappa shape index (κ2) is 6.86. The molecule has 0 amide bonds. The van der Waals surface area contributed by atoms with Gasteiger partial charge in [-0.25, -0.2) is 0 Å². The Balaban J connectivity index is 2.58. The van der Waals surface area contributed by atoms with Crippen LogP contribution in [-0.4, -0.2) is 52.3 Å². The van der Waals surface area contributed by atoms with Crippen molar-refractivity contribution in [3.63, 3.8) is 0 Å². The van der Waals surface area contributed by atoms with Crippen molar-refractivity contribution in [1.29, 1.82) is 0 Å². The second-order valence-corrected chi connectivity index (χ2v) is 6.86. The van der Waals surface area contributed by atoms with Crippen molar-refractivity contribution in [2.75, 3.05) is 25.1 Å². The molecule has 0 aromatic heterocycles. The molecule has 17 heavy (non-hydrogen) atoms. The highest BCUT2D eigenvalue weighted by Crippen LogP contribution is 2.25. The fourth-order valence-electron chi connectivity index (χ4n) is 3.00. The van der Waals surface area contributed by atoms with Gasteiger partial charge in [0.25, 0.3) is 0 Å². The van der Waals surface area contributed by atoms with Gasteiger partial charge >= 0.3 is 0 Å². The van der Waals surface area contributed by atoms with Gasteiger partial charge < -0.3 is 5.32 Å². The second-order valence-electron chi connectivity index (χ2n) is 5.38. The van der Waals surface area contributed by atoms with E-state index in [1.165, 1.54) is 6.42 Å². The molecule has 0 aliphatic carbocycles. The van der Waals surface area contributed by atoms with E-state index in [9.17, 15) is 4.21 Å². The van der Waals surface area contributed by atoms with Gasteiger partial charge in [0.15, 0.2) is 0 Å². The molecule has 0 aromatic carbocycles. The Morgan fingerprint density at radius 3 is 2.65 bits per heavy atom. The highest BCUT2D eigenvalue weighted by molar-refractivity contribution is 7.84. The third kappa shape index (κ3) is 4.04. The number of nitrogens with zero attached hydrogens (tertiary/aromatic N) is 1. The van der Waals surface area contributed by atoms with E-state index in [2.05, 4.69) is 37.9 Å². The van der Waals surface area contributed by atoms with Crippen molar-refractivity contribution in [3.8, 4) is 0 Å². The minimum atomic E-state index is -0.693. The maximum absolute atomic E-state index is 11.3. The average Bonchev–Trinajstić information content (AvgIpc) is 2.24. The molecule has 5 atom stereocenters. The first kappa shape index (κ1) is 15.1. The third-order valence-electron chi connectivity index (χ3n) is 4.13. The van der Waals surface area contributed by atoms with Gasteiger partial charge in [-0.2, -0.15) is 0 Å². The van der Waals surface area contributed by atoms with Crippen LogP contribution in [0.2, 0.25) is 0 Å². The summed E-state index contributed by atoms with van der Waals surface area (Å²) < 4.78 is 11.3. The Hall–Kier alpha value is 0.0700. The topological polar surface area (TPSA) is 32.3 Å². The van der Waals surface area contributed by atoms with Crippen LogP contribution in [0.3, 0.4) is 0 Å². The maximum atomic E-state index is 11.3. The third-order valence-corrected chi connectivity index (χ3v) is 5.08. The van der Waals surface area contributed by atoms with Crippen LogP contribution >= 0.6 is 0 Å². The minimum Gasteiger partial charge on any atom is -0.314 e. The highest BCUT2D eigenvalue weighted by atomic mass is 32.2. The fraction of sp³-hybridized carbons (Fsp3) is 1.00. The molecule has 102 valence electrons. The lowest BCUT2D eigenvalue weighted by Gasteiger charge is -2.45. The Morgan fingerprint density at radius 2 is 2.12 bits per heavy atom. The number of likely N-dealkylation sites (tertiary alicyclic amines) is 1. The van der Waals surface area contributed by atoms with Crippen LogP contribution in [0.15, 0.2) is 0 Å². The predicted octanol–water partition coefficient (Wildman–Crippen LogP) is 1.46. The van der Waals surface area contributed by atoms with Gasteiger partial charge in [0.1, 0.15) is 0 Å². The van der Waals surface area contributed by atoms with E-state index in [4.69, 9.17) is 0 Å². The Labute approximate surface area is 109 Å². The zero-order valence-corrected chi connectivity index (χ0v) is 12.7. The zero-order chi connectivity index (χ0) is 13.0. The molecular weight excluding hydrogens is 232 g/mol. The Morgan fingerprint density at radius 1 is 1.47 bits per heavy atom. The normalized spacial score (nSPS) is 34.5. The molecule has 4 heteroatoms. The first-order chi connectivity index (χ1) is 7.97. The quantitative estimate of drug-likeness (QED) is 0.812. The number of hydrogen-bond donors (Lipinski definition) is 1. The zero-order valence-electron chi connectivity index (χ0n) is 11.9. The van der Waals surface area contributed by atoms with Crippen molar-refractivity contribution in [2.45, 2.75) is 52.2 Å². The van der Waals surface area contributed by atoms with Crippen molar-refractivity contribution >= 4 is 10.8 Å². The van der Waals surface area contributed by atoms with Gasteiger partial charge in [0.05, 0.1) is 0 Å². The van der Waals surface area contributed by atoms with Gasteiger partial charge in [-0.05, 0) is 32.7 Å². The summed E-state index contributed by atoms with van der Waals surface area (Å²) in [4.78, 5) is 2.53. The summed E-state index contributed by atoms with van der Waals surface area (Å²) in [6.45, 7) is 11.2. The van der Waals surface area contributed by atoms with E-state index >= 15 is 0 Å². The summed E-state index contributed by atoms with van der Waals surface area (Å²) in [7, 11) is -0.693. The van der Waals surface area contributed by atoms with Crippen molar-refractivity contribution in [1.82, 2.24) is 10.2 Å². The van der Waals surface area contributed by atoms with Crippen molar-refractivity contribution in [3.05, 3.63) is 0 Å². The van der Waals surface area contributed by atoms with E-state index in [1.54, 1.807) is 6.26 Å². The van der Waals surface area contributed by atoms with Gasteiger partial charge in [-0.3, -0.25) is 9.11 Å². The van der Waals surface area contributed by atoms with Crippen molar-refractivity contribution in [2.24, 2.45) is 5.92 Å². The van der Waals surface area contributed by atoms with Crippen LogP contribution in [0.1, 0.15) is 34.1 Å². The Kier molecular flexibility index (Phi) is 6.10. The standard InChI is InChI=1S/C13H28N2OS/c1-6-14-13-7-8-15(12(4)11(13)3)10(2)9-17(5)16/h10-14H,6-9H2,1-5H3. The van der Waals surface area contributed by atoms with E-state index in [1.807, 2.05) is 0 Å². The highest BCUT2D eigenvalue weighted by Gasteiger charge is 2.34. The predicted molar refractivity (Wildman–Crippen MR) is 75.8 cm³/mol. The molecule has 3 nitrogen and oxygen atoms in total. The molecule has 0 bridgehead atoms. The minimum absolute atomic E-state index is 0.431. The van der Waals surface area contributed by atoms with E-state index in [-0.39, 0.29) is 0 Å². The first-order valence-corrected chi connectivity index (χ1v) is 8.49. The molecule has 1 rings (SSSR count). The molecule has 1 fully saturated rings. The van der Waals surface area contributed by atoms with Crippen LogP contribution in [0, 0.1) is 5.92 Å². The molecule has 1 N–H and O–H groups in total.